The normalized spacial score (nSPS) is 28.2. The second-order valence-corrected chi connectivity index (χ2v) is 31.8. The van der Waals surface area contributed by atoms with Crippen LogP contribution in [0.1, 0.15) is 128 Å². The van der Waals surface area contributed by atoms with E-state index in [2.05, 4.69) is 26.1 Å². The highest BCUT2D eigenvalue weighted by Gasteiger charge is 2.79. The lowest BCUT2D eigenvalue weighted by Crippen LogP contribution is -2.82. The molecule has 11 atom stereocenters. The predicted octanol–water partition coefficient (Wildman–Crippen LogP) is 9.80. The molecule has 0 unspecified atom stereocenters. The Morgan fingerprint density at radius 2 is 1.35 bits per heavy atom. The Labute approximate surface area is 461 Å². The molecule has 1 saturated heterocycles. The largest absolute Gasteiger partial charge is 0.496 e. The monoisotopic (exact) mass is 1110 g/mol. The van der Waals surface area contributed by atoms with Gasteiger partial charge in [0.05, 0.1) is 37.2 Å². The second kappa shape index (κ2) is 23.7. The Morgan fingerprint density at radius 1 is 0.769 bits per heavy atom. The maximum atomic E-state index is 16.7. The van der Waals surface area contributed by atoms with E-state index < -0.39 is 129 Å². The number of amides is 1. The van der Waals surface area contributed by atoms with Crippen LogP contribution in [-0.2, 0) is 51.7 Å². The zero-order chi connectivity index (χ0) is 57.2. The Morgan fingerprint density at radius 3 is 1.88 bits per heavy atom. The molecule has 7 rings (SSSR count). The number of methoxy groups -OCH3 is 1. The molecule has 3 aromatic rings. The third-order valence-electron chi connectivity index (χ3n) is 18.4. The molecular formula is C60H81NO15Si2. The fourth-order valence-corrected chi connectivity index (χ4v) is 19.0. The maximum Gasteiger partial charge on any atom is 0.342 e. The zero-order valence-electron chi connectivity index (χ0n) is 47.7. The van der Waals surface area contributed by atoms with Crippen LogP contribution < -0.4 is 10.1 Å². The number of fused-ring (bicyclic) bond motifs is 5. The van der Waals surface area contributed by atoms with Crippen LogP contribution in [0, 0.1) is 16.7 Å². The van der Waals surface area contributed by atoms with Crippen molar-refractivity contribution in [1.82, 2.24) is 5.32 Å². The van der Waals surface area contributed by atoms with E-state index in [0.29, 0.717) is 53.0 Å². The number of carbonyl (C=O) groups excluding carboxylic acids is 6. The lowest BCUT2D eigenvalue weighted by atomic mass is 9.44. The summed E-state index contributed by atoms with van der Waals surface area (Å²) < 4.78 is 52.9. The molecule has 1 aliphatic heterocycles. The van der Waals surface area contributed by atoms with Crippen LogP contribution in [-0.4, -0.2) is 119 Å². The summed E-state index contributed by atoms with van der Waals surface area (Å²) in [6.07, 6.45) is -8.69. The van der Waals surface area contributed by atoms with Gasteiger partial charge in [0.15, 0.2) is 40.2 Å². The number of rotatable bonds is 21. The second-order valence-electron chi connectivity index (χ2n) is 22.4. The van der Waals surface area contributed by atoms with Gasteiger partial charge in [0.2, 0.25) is 0 Å². The van der Waals surface area contributed by atoms with Gasteiger partial charge in [0.1, 0.15) is 35.2 Å². The molecule has 4 aliphatic rings. The van der Waals surface area contributed by atoms with Crippen molar-refractivity contribution in [2.75, 3.05) is 13.7 Å². The molecule has 3 fully saturated rings. The quantitative estimate of drug-likeness (QED) is 0.0440. The van der Waals surface area contributed by atoms with Crippen LogP contribution >= 0.6 is 0 Å². The van der Waals surface area contributed by atoms with Gasteiger partial charge in [-0.3, -0.25) is 19.2 Å². The molecule has 1 amide bonds. The molecule has 0 aromatic heterocycles. The van der Waals surface area contributed by atoms with E-state index in [-0.39, 0.29) is 29.9 Å². The van der Waals surface area contributed by atoms with E-state index in [1.807, 2.05) is 26.8 Å². The number of para-hydroxylation sites is 1. The highest BCUT2D eigenvalue weighted by atomic mass is 28.4. The molecule has 3 aromatic carbocycles. The minimum atomic E-state index is -2.77. The number of hydrogen-bond acceptors (Lipinski definition) is 15. The van der Waals surface area contributed by atoms with Gasteiger partial charge in [-0.15, -0.1) is 0 Å². The lowest BCUT2D eigenvalue weighted by Gasteiger charge is -2.68. The van der Waals surface area contributed by atoms with Gasteiger partial charge in [0.25, 0.3) is 5.91 Å². The van der Waals surface area contributed by atoms with Crippen molar-refractivity contribution in [1.29, 1.82) is 0 Å². The first-order valence-corrected chi connectivity index (χ1v) is 32.8. The van der Waals surface area contributed by atoms with E-state index in [9.17, 15) is 19.5 Å². The molecule has 1 heterocycles. The Kier molecular flexibility index (Phi) is 18.3. The molecular weight excluding hydrogens is 1030 g/mol. The molecule has 18 heteroatoms. The van der Waals surface area contributed by atoms with Crippen molar-refractivity contribution in [3.63, 3.8) is 0 Å². The van der Waals surface area contributed by atoms with E-state index in [1.54, 1.807) is 100 Å². The summed E-state index contributed by atoms with van der Waals surface area (Å²) in [5.41, 5.74) is -6.28. The Hall–Kier alpha value is -5.51. The molecule has 78 heavy (non-hydrogen) atoms. The van der Waals surface area contributed by atoms with Gasteiger partial charge < -0.3 is 47.7 Å². The van der Waals surface area contributed by atoms with Crippen molar-refractivity contribution in [3.05, 3.63) is 113 Å². The highest BCUT2D eigenvalue weighted by Crippen LogP contribution is 2.65. The summed E-state index contributed by atoms with van der Waals surface area (Å²) in [4.78, 5) is 89.2. The van der Waals surface area contributed by atoms with Crippen molar-refractivity contribution in [2.24, 2.45) is 16.7 Å². The van der Waals surface area contributed by atoms with Gasteiger partial charge in [0, 0.05) is 37.7 Å². The van der Waals surface area contributed by atoms with Gasteiger partial charge in [-0.25, -0.2) is 9.59 Å². The van der Waals surface area contributed by atoms with Crippen LogP contribution in [0.2, 0.25) is 36.3 Å². The van der Waals surface area contributed by atoms with Crippen molar-refractivity contribution in [2.45, 2.75) is 186 Å². The van der Waals surface area contributed by atoms with Gasteiger partial charge >= 0.3 is 23.9 Å². The number of hydrogen-bond donors (Lipinski definition) is 2. The molecule has 2 bridgehead atoms. The fraction of sp³-hybridized carbons (Fsp3) is 0.567. The van der Waals surface area contributed by atoms with Crippen LogP contribution in [0.5, 0.6) is 5.75 Å². The van der Waals surface area contributed by atoms with Gasteiger partial charge in [-0.05, 0) is 91.1 Å². The minimum absolute atomic E-state index is 0.000799. The van der Waals surface area contributed by atoms with Gasteiger partial charge in [-0.1, -0.05) is 116 Å². The first kappa shape index (κ1) is 60.1. The molecule has 424 valence electrons. The van der Waals surface area contributed by atoms with E-state index in [0.717, 1.165) is 0 Å². The summed E-state index contributed by atoms with van der Waals surface area (Å²) in [5, 5.41) is 17.6. The Bertz CT molecular complexity index is 2710. The molecule has 16 nitrogen and oxygen atoms in total. The van der Waals surface area contributed by atoms with Gasteiger partial charge in [-0.2, -0.15) is 0 Å². The van der Waals surface area contributed by atoms with Crippen molar-refractivity contribution < 1.29 is 71.1 Å². The lowest BCUT2D eigenvalue weighted by molar-refractivity contribution is -0.344. The predicted molar refractivity (Wildman–Crippen MR) is 296 cm³/mol. The third-order valence-corrected chi connectivity index (χ3v) is 27.6. The molecule has 2 N–H and O–H groups in total. The first-order valence-electron chi connectivity index (χ1n) is 27.7. The number of nitrogens with one attached hydrogen (secondary N) is 1. The summed E-state index contributed by atoms with van der Waals surface area (Å²) >= 11 is 0. The molecule has 3 aliphatic carbocycles. The number of carbonyl (C=O) groups is 6. The number of benzene rings is 3. The zero-order valence-corrected chi connectivity index (χ0v) is 49.7. The number of ketones is 1. The van der Waals surface area contributed by atoms with Crippen molar-refractivity contribution in [3.8, 4) is 5.75 Å². The van der Waals surface area contributed by atoms with E-state index in [1.165, 1.54) is 27.0 Å². The average molecular weight is 1110 g/mol. The third kappa shape index (κ3) is 10.7. The maximum absolute atomic E-state index is 16.7. The molecule has 0 radical (unpaired) electrons. The van der Waals surface area contributed by atoms with Crippen LogP contribution in [0.25, 0.3) is 0 Å². The minimum Gasteiger partial charge on any atom is -0.496 e. The van der Waals surface area contributed by atoms with Crippen LogP contribution in [0.3, 0.4) is 0 Å². The van der Waals surface area contributed by atoms with Crippen LogP contribution in [0.15, 0.2) is 96.1 Å². The average Bonchev–Trinajstić information content (AvgIpc) is 3.27. The summed E-state index contributed by atoms with van der Waals surface area (Å²) in [6, 6.07) is 26.9. The standard InChI is InChI=1S/C60H81NO15Si2/c1-14-77(15-2,16-3)75-45-34-46-59(36-70-46,74-39(9)63)51-53(73-55(66)42-32-26-27-33-43(42)69-13)60(68)35-44(37(7)47(57(60,10)11)49(71-38(8)62)52(64)58(45,51)12)72-56(67)50(76-78(17-4,18-5)19-6)48(40-28-22-20-23-29-40)61-54(65)41-30-24-21-25-31-41/h20-33,44-46,48-51,53,68H,14-19,34-36H2,1-13H3,(H,61,65)/t44-,45-,46+,48-,49+,50+,51-,53-,58+,59-,60+/m0/s1. The first-order chi connectivity index (χ1) is 37.0. The summed E-state index contributed by atoms with van der Waals surface area (Å²) in [6.45, 7) is 21.1. The SMILES string of the molecule is CC[Si](CC)(CC)O[C@H]1C[C@H]2OC[C@@]2(OC(C)=O)[C@H]2[C@H](OC(=O)c3ccccc3OC)[C@]3(O)C[C@H](OC(=O)[C@H](O[Si](CC)(CC)CC)[C@@H](NC(=O)c4ccccc4)c4ccccc4)C(C)=C([C@@H](OC(C)=O)C(=O)[C@]12C)C3(C)C. The topological polar surface area (TPSA) is 209 Å². The molecule has 0 spiro atoms. The Balaban J connectivity index is 1.51. The highest BCUT2D eigenvalue weighted by molar-refractivity contribution is 6.74. The molecule has 2 saturated carbocycles. The number of ether oxygens (including phenoxy) is 6. The number of esters is 4. The smallest absolute Gasteiger partial charge is 0.342 e. The summed E-state index contributed by atoms with van der Waals surface area (Å²) in [7, 11) is -4.04. The van der Waals surface area contributed by atoms with E-state index >= 15 is 14.4 Å². The van der Waals surface area contributed by atoms with Crippen molar-refractivity contribution >= 4 is 52.2 Å². The summed E-state index contributed by atoms with van der Waals surface area (Å²) in [5.74, 6) is -5.74. The van der Waals surface area contributed by atoms with Crippen LogP contribution in [0.4, 0.5) is 0 Å². The number of Topliss-reactive ketones (excluding diaryl/α,β-unsaturated/α-hetero) is 1. The van der Waals surface area contributed by atoms with E-state index in [4.69, 9.17) is 37.3 Å². The fourth-order valence-electron chi connectivity index (χ4n) is 13.2. The number of aliphatic hydroxyl groups is 1.